The first kappa shape index (κ1) is 70.7. The van der Waals surface area contributed by atoms with Crippen molar-refractivity contribution in [3.8, 4) is 34.0 Å². The molecule has 6 heterocycles. The summed E-state index contributed by atoms with van der Waals surface area (Å²) in [5.41, 5.74) is 13.7. The van der Waals surface area contributed by atoms with Crippen LogP contribution in [0.2, 0.25) is 5.28 Å². The van der Waals surface area contributed by atoms with Crippen molar-refractivity contribution in [1.82, 2.24) is 39.0 Å². The predicted molar refractivity (Wildman–Crippen MR) is 333 cm³/mol. The van der Waals surface area contributed by atoms with E-state index in [-0.39, 0.29) is 50.1 Å². The quantitative estimate of drug-likeness (QED) is 0.0161. The summed E-state index contributed by atoms with van der Waals surface area (Å²) in [4.78, 5) is 67.7. The van der Waals surface area contributed by atoms with Gasteiger partial charge in [0.25, 0.3) is 11.9 Å². The van der Waals surface area contributed by atoms with Crippen LogP contribution in [0.15, 0.2) is 122 Å². The summed E-state index contributed by atoms with van der Waals surface area (Å²) in [5.74, 6) is 0.209. The summed E-state index contributed by atoms with van der Waals surface area (Å²) in [6, 6.07) is 35.1. The Balaban J connectivity index is 0.000000243. The number of carboxylic acid groups (broad SMARTS) is 2. The standard InChI is InChI=1S/C30H35N5O4.C16H15ClN4O.C14H21NO3.2C2H4O2.Pd/c1-37-26(36)14-7-2-3-9-19-38-24-17-15-23(16-18-24)32-30-33-27(22-11-5-4-6-12-22)28-29(34-30)35(21-31-28)25-13-8-10-20-39-25;17-16-19-13(11-6-2-1-3-7-11)14-15(20-16)21(10-18-14)12-8-4-5-9-22-12;1-17-14(16)6-4-2-3-5-11-18-13-9-7-12(15)8-10-13;2*1-2(3)4;/h4-6,11-12,15-18,21,25H,2-3,7-10,13-14,19-20H2,1H3,(H,32,33,34);1-3,6-7,10,12H,4-5,8-9H2;7-10H,2-6,11,15H2,1H3;2*1H3,(H,3,4);. The van der Waals surface area contributed by atoms with Gasteiger partial charge < -0.3 is 49.7 Å². The van der Waals surface area contributed by atoms with E-state index in [0.717, 1.165) is 185 Å². The molecule has 2 atom stereocenters. The molecule has 0 radical (unpaired) electrons. The second-order valence-corrected chi connectivity index (χ2v) is 20.5. The minimum Gasteiger partial charge on any atom is -0.494 e. The third-order valence-electron chi connectivity index (χ3n) is 13.4. The van der Waals surface area contributed by atoms with E-state index in [4.69, 9.17) is 66.1 Å². The monoisotopic (exact) mass is 1320 g/mol. The molecule has 2 aliphatic rings. The van der Waals surface area contributed by atoms with Gasteiger partial charge in [-0.25, -0.2) is 19.9 Å². The Labute approximate surface area is 531 Å². The number of carbonyl (C=O) groups excluding carboxylic acids is 2. The Morgan fingerprint density at radius 3 is 1.43 bits per heavy atom. The summed E-state index contributed by atoms with van der Waals surface area (Å²) >= 11 is 6.14. The van der Waals surface area contributed by atoms with Crippen LogP contribution >= 0.6 is 11.6 Å². The number of benzene rings is 4. The number of ether oxygens (including phenoxy) is 6. The van der Waals surface area contributed by atoms with Gasteiger partial charge >= 0.3 is 11.9 Å². The van der Waals surface area contributed by atoms with Gasteiger partial charge in [-0.1, -0.05) is 86.3 Å². The first-order valence-electron chi connectivity index (χ1n) is 29.2. The first-order valence-corrected chi connectivity index (χ1v) is 29.6. The van der Waals surface area contributed by atoms with Crippen molar-refractivity contribution in [2.45, 2.75) is 129 Å². The molecule has 0 amide bonds. The fourth-order valence-corrected chi connectivity index (χ4v) is 9.29. The third kappa shape index (κ3) is 24.2. The van der Waals surface area contributed by atoms with Gasteiger partial charge in [-0.15, -0.1) is 0 Å². The minimum atomic E-state index is -0.833. The molecule has 474 valence electrons. The molecule has 88 heavy (non-hydrogen) atoms. The van der Waals surface area contributed by atoms with E-state index in [1.165, 1.54) is 14.2 Å². The van der Waals surface area contributed by atoms with Crippen molar-refractivity contribution in [2.75, 3.05) is 51.7 Å². The molecule has 0 aliphatic carbocycles. The van der Waals surface area contributed by atoms with Gasteiger partial charge in [-0.2, -0.15) is 9.97 Å². The van der Waals surface area contributed by atoms with Crippen molar-refractivity contribution in [1.29, 1.82) is 0 Å². The van der Waals surface area contributed by atoms with Crippen LogP contribution < -0.4 is 20.5 Å². The van der Waals surface area contributed by atoms with Gasteiger partial charge in [-0.3, -0.25) is 28.3 Å². The number of hydrogen-bond donors (Lipinski definition) is 4. The van der Waals surface area contributed by atoms with Crippen LogP contribution in [0.4, 0.5) is 17.3 Å². The number of rotatable bonds is 22. The molecule has 2 unspecified atom stereocenters. The molecular weight excluding hydrogens is 1240 g/mol. The van der Waals surface area contributed by atoms with Crippen molar-refractivity contribution < 1.29 is 78.2 Å². The zero-order valence-corrected chi connectivity index (χ0v) is 52.5. The number of anilines is 3. The molecule has 2 saturated heterocycles. The number of hydrogen-bond acceptors (Lipinski definition) is 18. The summed E-state index contributed by atoms with van der Waals surface area (Å²) < 4.78 is 36.6. The number of esters is 2. The molecule has 2 fully saturated rings. The van der Waals surface area contributed by atoms with Crippen molar-refractivity contribution in [3.63, 3.8) is 0 Å². The molecule has 4 aromatic carbocycles. The Kier molecular flexibility index (Phi) is 31.3. The maximum atomic E-state index is 11.2. The van der Waals surface area contributed by atoms with Gasteiger partial charge in [0.05, 0.1) is 40.1 Å². The van der Waals surface area contributed by atoms with E-state index >= 15 is 0 Å². The number of unbranched alkanes of at least 4 members (excludes halogenated alkanes) is 6. The first-order chi connectivity index (χ1) is 42.2. The number of aromatic nitrogens is 8. The summed E-state index contributed by atoms with van der Waals surface area (Å²) in [6.45, 7) is 5.02. The molecule has 22 nitrogen and oxygen atoms in total. The Morgan fingerprint density at radius 2 is 1.00 bits per heavy atom. The zero-order chi connectivity index (χ0) is 62.2. The largest absolute Gasteiger partial charge is 0.494 e. The summed E-state index contributed by atoms with van der Waals surface area (Å²) in [6.07, 6.45) is 18.6. The Hall–Kier alpha value is -8.07. The van der Waals surface area contributed by atoms with E-state index in [1.807, 2.05) is 125 Å². The number of aliphatic carboxylic acids is 2. The number of fused-ring (bicyclic) bond motifs is 2. The van der Waals surface area contributed by atoms with Crippen LogP contribution in [-0.4, -0.2) is 114 Å². The fraction of sp³-hybridized carbons (Fsp3) is 0.406. The number of halogens is 1. The predicted octanol–water partition coefficient (Wildman–Crippen LogP) is 13.2. The van der Waals surface area contributed by atoms with Crippen LogP contribution in [0.1, 0.15) is 129 Å². The number of carbonyl (C=O) groups is 4. The van der Waals surface area contributed by atoms with E-state index in [2.05, 4.69) is 34.7 Å². The molecule has 5 N–H and O–H groups in total. The number of nitrogen functional groups attached to an aromatic ring is 1. The van der Waals surface area contributed by atoms with E-state index in [9.17, 15) is 9.59 Å². The van der Waals surface area contributed by atoms with Gasteiger partial charge in [0.2, 0.25) is 11.2 Å². The van der Waals surface area contributed by atoms with Crippen LogP contribution in [-0.2, 0) is 58.5 Å². The molecule has 10 rings (SSSR count). The SMILES string of the molecule is CC(=O)O.CC(=O)O.COC(=O)CCCCCCOc1ccc(N)cc1.COC(=O)CCCCCCOc1ccc(Nc2nc(-c3ccccc3)c3ncn(C4CCCCO4)c3n2)cc1.Clc1nc(-c2ccccc2)c2ncn(C3CCCCO3)c2n1.[Pd]. The third-order valence-corrected chi connectivity index (χ3v) is 13.5. The van der Waals surface area contributed by atoms with Gasteiger partial charge in [0, 0.05) is 82.8 Å². The molecule has 2 aliphatic heterocycles. The normalized spacial score (nSPS) is 14.1. The molecule has 0 bridgehead atoms. The van der Waals surface area contributed by atoms with Gasteiger partial charge in [0.15, 0.2) is 11.3 Å². The van der Waals surface area contributed by atoms with Crippen molar-refractivity contribution in [3.05, 3.63) is 127 Å². The second kappa shape index (κ2) is 39.0. The van der Waals surface area contributed by atoms with E-state index < -0.39 is 11.9 Å². The number of carboxylic acids is 2. The van der Waals surface area contributed by atoms with Gasteiger partial charge in [-0.05, 0) is 124 Å². The maximum absolute atomic E-state index is 11.2. The van der Waals surface area contributed by atoms with Crippen molar-refractivity contribution in [2.24, 2.45) is 0 Å². The number of imidazole rings is 2. The average molecular weight is 1320 g/mol. The second-order valence-electron chi connectivity index (χ2n) is 20.2. The van der Waals surface area contributed by atoms with Crippen LogP contribution in [0, 0.1) is 0 Å². The molecule has 8 aromatic rings. The zero-order valence-electron chi connectivity index (χ0n) is 50.2. The molecule has 24 heteroatoms. The Bertz CT molecular complexity index is 3330. The molecular formula is C64H79ClN10O12Pd. The van der Waals surface area contributed by atoms with Crippen LogP contribution in [0.25, 0.3) is 44.8 Å². The molecule has 0 spiro atoms. The smallest absolute Gasteiger partial charge is 0.305 e. The fourth-order valence-electron chi connectivity index (χ4n) is 9.13. The number of nitrogens with two attached hydrogens (primary N) is 1. The van der Waals surface area contributed by atoms with Crippen LogP contribution in [0.3, 0.4) is 0 Å². The number of nitrogens with one attached hydrogen (secondary N) is 1. The molecule has 0 saturated carbocycles. The van der Waals surface area contributed by atoms with E-state index in [0.29, 0.717) is 32.0 Å². The van der Waals surface area contributed by atoms with Gasteiger partial charge in [0.1, 0.15) is 46.4 Å². The number of methoxy groups -OCH3 is 2. The minimum absolute atomic E-state index is 0. The Morgan fingerprint density at radius 1 is 0.580 bits per heavy atom. The summed E-state index contributed by atoms with van der Waals surface area (Å²) in [5, 5.41) is 18.4. The van der Waals surface area contributed by atoms with Crippen LogP contribution in [0.5, 0.6) is 11.5 Å². The molecule has 4 aromatic heterocycles. The van der Waals surface area contributed by atoms with E-state index in [1.54, 1.807) is 6.33 Å². The number of nitrogens with zero attached hydrogens (tertiary/aromatic N) is 8. The maximum Gasteiger partial charge on any atom is 0.305 e. The topological polar surface area (TPSA) is 289 Å². The average Bonchev–Trinajstić information content (AvgIpc) is 2.85. The summed E-state index contributed by atoms with van der Waals surface area (Å²) in [7, 11) is 2.84. The van der Waals surface area contributed by atoms with Crippen molar-refractivity contribution >= 4 is 75.1 Å².